The molecule has 1 fully saturated rings. The molecular formula is C18H23N3O5S. The van der Waals surface area contributed by atoms with Gasteiger partial charge in [-0.3, -0.25) is 4.79 Å². The summed E-state index contributed by atoms with van der Waals surface area (Å²) in [5.41, 5.74) is 0.811. The van der Waals surface area contributed by atoms with E-state index < -0.39 is 16.1 Å². The Labute approximate surface area is 158 Å². The van der Waals surface area contributed by atoms with E-state index in [4.69, 9.17) is 9.26 Å². The third-order valence-corrected chi connectivity index (χ3v) is 6.64. The van der Waals surface area contributed by atoms with Crippen LogP contribution in [0.2, 0.25) is 0 Å². The van der Waals surface area contributed by atoms with Gasteiger partial charge in [-0.05, 0) is 45.7 Å². The van der Waals surface area contributed by atoms with E-state index in [1.165, 1.54) is 4.31 Å². The van der Waals surface area contributed by atoms with Crippen molar-refractivity contribution in [3.8, 4) is 5.75 Å². The molecule has 0 aliphatic carbocycles. The van der Waals surface area contributed by atoms with Gasteiger partial charge in [-0.25, -0.2) is 8.42 Å². The molecule has 1 atom stereocenters. The van der Waals surface area contributed by atoms with E-state index in [1.807, 2.05) is 13.0 Å². The zero-order valence-electron chi connectivity index (χ0n) is 15.6. The highest BCUT2D eigenvalue weighted by Crippen LogP contribution is 2.31. The average Bonchev–Trinajstić information content (AvgIpc) is 3.24. The lowest BCUT2D eigenvalue weighted by molar-refractivity contribution is -0.119. The van der Waals surface area contributed by atoms with Crippen LogP contribution in [0.5, 0.6) is 5.75 Å². The van der Waals surface area contributed by atoms with Crippen molar-refractivity contribution in [1.82, 2.24) is 9.46 Å². The van der Waals surface area contributed by atoms with Gasteiger partial charge >= 0.3 is 0 Å². The van der Waals surface area contributed by atoms with E-state index in [9.17, 15) is 13.2 Å². The summed E-state index contributed by atoms with van der Waals surface area (Å²) in [6, 6.07) is 6.28. The maximum atomic E-state index is 13.1. The summed E-state index contributed by atoms with van der Waals surface area (Å²) < 4.78 is 37.9. The molecule has 1 aliphatic heterocycles. The zero-order valence-corrected chi connectivity index (χ0v) is 16.4. The molecule has 9 heteroatoms. The van der Waals surface area contributed by atoms with Gasteiger partial charge in [0.2, 0.25) is 15.9 Å². The number of aromatic nitrogens is 1. The highest BCUT2D eigenvalue weighted by atomic mass is 32.2. The Morgan fingerprint density at radius 3 is 2.78 bits per heavy atom. The van der Waals surface area contributed by atoms with Crippen LogP contribution in [-0.2, 0) is 14.8 Å². The number of hydrogen-bond donors (Lipinski definition) is 1. The number of nitrogens with zero attached hydrogens (tertiary/aromatic N) is 2. The fourth-order valence-electron chi connectivity index (χ4n) is 3.32. The molecule has 1 amide bonds. The third kappa shape index (κ3) is 3.70. The maximum absolute atomic E-state index is 13.1. The minimum absolute atomic E-state index is 0.0388. The highest BCUT2D eigenvalue weighted by Gasteiger charge is 2.42. The highest BCUT2D eigenvalue weighted by molar-refractivity contribution is 7.89. The van der Waals surface area contributed by atoms with Crippen molar-refractivity contribution in [1.29, 1.82) is 0 Å². The number of anilines is 1. The first-order valence-electron chi connectivity index (χ1n) is 8.83. The lowest BCUT2D eigenvalue weighted by Crippen LogP contribution is -2.43. The lowest BCUT2D eigenvalue weighted by atomic mass is 10.2. The van der Waals surface area contributed by atoms with Crippen molar-refractivity contribution in [3.05, 3.63) is 35.7 Å². The second-order valence-corrected chi connectivity index (χ2v) is 8.17. The monoisotopic (exact) mass is 393 g/mol. The van der Waals surface area contributed by atoms with Gasteiger partial charge in [-0.1, -0.05) is 17.3 Å². The van der Waals surface area contributed by atoms with Crippen LogP contribution in [-0.4, -0.2) is 43.0 Å². The van der Waals surface area contributed by atoms with Gasteiger partial charge in [0.1, 0.15) is 22.4 Å². The van der Waals surface area contributed by atoms with Crippen molar-refractivity contribution in [3.63, 3.8) is 0 Å². The summed E-state index contributed by atoms with van der Waals surface area (Å²) in [6.45, 7) is 5.72. The zero-order chi connectivity index (χ0) is 19.6. The molecule has 0 unspecified atom stereocenters. The van der Waals surface area contributed by atoms with E-state index in [-0.39, 0.29) is 23.1 Å². The summed E-state index contributed by atoms with van der Waals surface area (Å²) in [7, 11) is -3.88. The molecule has 8 nitrogen and oxygen atoms in total. The number of rotatable bonds is 6. The van der Waals surface area contributed by atoms with E-state index in [2.05, 4.69) is 10.5 Å². The molecule has 2 aromatic rings. The largest absolute Gasteiger partial charge is 0.492 e. The van der Waals surface area contributed by atoms with Gasteiger partial charge in [0.15, 0.2) is 5.76 Å². The molecule has 0 radical (unpaired) electrons. The molecule has 3 rings (SSSR count). The number of amides is 1. The minimum Gasteiger partial charge on any atom is -0.492 e. The smallest absolute Gasteiger partial charge is 0.249 e. The van der Waals surface area contributed by atoms with Gasteiger partial charge in [-0.2, -0.15) is 4.31 Å². The fourth-order valence-corrected chi connectivity index (χ4v) is 5.27. The Hall–Kier alpha value is -2.39. The molecule has 0 bridgehead atoms. The Balaban J connectivity index is 1.85. The molecule has 27 heavy (non-hydrogen) atoms. The Bertz CT molecular complexity index is 919. The molecule has 1 aromatic carbocycles. The lowest BCUT2D eigenvalue weighted by Gasteiger charge is -2.23. The minimum atomic E-state index is -3.88. The summed E-state index contributed by atoms with van der Waals surface area (Å²) in [6.07, 6.45) is 1.05. The van der Waals surface area contributed by atoms with E-state index >= 15 is 0 Å². The van der Waals surface area contributed by atoms with Crippen LogP contribution in [0, 0.1) is 13.8 Å². The molecule has 0 saturated carbocycles. The summed E-state index contributed by atoms with van der Waals surface area (Å²) >= 11 is 0. The Morgan fingerprint density at radius 1 is 1.37 bits per heavy atom. The summed E-state index contributed by atoms with van der Waals surface area (Å²) in [4.78, 5) is 12.9. The Kier molecular flexibility index (Phi) is 5.52. The maximum Gasteiger partial charge on any atom is 0.249 e. The second kappa shape index (κ2) is 7.69. The standard InChI is InChI=1S/C18H23N3O5S/c1-4-25-16-10-6-5-8-14(16)19-18(22)15-9-7-11-21(15)27(23,24)17-12(2)20-26-13(17)3/h5-6,8,10,15H,4,7,9,11H2,1-3H3,(H,19,22)/t15-/m1/s1. The Morgan fingerprint density at radius 2 is 2.11 bits per heavy atom. The van der Waals surface area contributed by atoms with E-state index in [0.29, 0.717) is 36.6 Å². The van der Waals surface area contributed by atoms with Crippen LogP contribution in [0.25, 0.3) is 0 Å². The van der Waals surface area contributed by atoms with Crippen LogP contribution in [0.4, 0.5) is 5.69 Å². The van der Waals surface area contributed by atoms with Crippen LogP contribution in [0.15, 0.2) is 33.7 Å². The van der Waals surface area contributed by atoms with Gasteiger partial charge in [-0.15, -0.1) is 0 Å². The predicted octanol–water partition coefficient (Wildman–Crippen LogP) is 2.48. The topological polar surface area (TPSA) is 102 Å². The molecule has 1 saturated heterocycles. The van der Waals surface area contributed by atoms with Crippen molar-refractivity contribution in [2.45, 2.75) is 44.6 Å². The SMILES string of the molecule is CCOc1ccccc1NC(=O)[C@H]1CCCN1S(=O)(=O)c1c(C)noc1C. The van der Waals surface area contributed by atoms with Crippen molar-refractivity contribution in [2.75, 3.05) is 18.5 Å². The second-order valence-electron chi connectivity index (χ2n) is 6.35. The number of hydrogen-bond acceptors (Lipinski definition) is 6. The normalized spacial score (nSPS) is 17.8. The molecule has 1 N–H and O–H groups in total. The fraction of sp³-hybridized carbons (Fsp3) is 0.444. The number of ether oxygens (including phenoxy) is 1. The van der Waals surface area contributed by atoms with Crippen LogP contribution < -0.4 is 10.1 Å². The molecule has 2 heterocycles. The molecular weight excluding hydrogens is 370 g/mol. The first-order valence-corrected chi connectivity index (χ1v) is 10.3. The van der Waals surface area contributed by atoms with Crippen molar-refractivity contribution in [2.24, 2.45) is 0 Å². The number of sulfonamides is 1. The first kappa shape index (κ1) is 19.4. The van der Waals surface area contributed by atoms with Gasteiger partial charge < -0.3 is 14.6 Å². The van der Waals surface area contributed by atoms with E-state index in [0.717, 1.165) is 0 Å². The van der Waals surface area contributed by atoms with Gasteiger partial charge in [0.05, 0.1) is 12.3 Å². The number of benzene rings is 1. The first-order chi connectivity index (χ1) is 12.9. The average molecular weight is 393 g/mol. The number of carbonyl (C=O) groups is 1. The number of aryl methyl sites for hydroxylation is 2. The van der Waals surface area contributed by atoms with Crippen LogP contribution in [0.1, 0.15) is 31.2 Å². The van der Waals surface area contributed by atoms with Crippen molar-refractivity contribution >= 4 is 21.6 Å². The van der Waals surface area contributed by atoms with E-state index in [1.54, 1.807) is 32.0 Å². The molecule has 146 valence electrons. The van der Waals surface area contributed by atoms with Crippen molar-refractivity contribution < 1.29 is 22.5 Å². The number of para-hydroxylation sites is 2. The number of carbonyl (C=O) groups excluding carboxylic acids is 1. The van der Waals surface area contributed by atoms with Gasteiger partial charge in [0, 0.05) is 6.54 Å². The summed E-state index contributed by atoms with van der Waals surface area (Å²) in [5, 5.41) is 6.53. The predicted molar refractivity (Wildman–Crippen MR) is 99.1 cm³/mol. The molecule has 1 aromatic heterocycles. The third-order valence-electron chi connectivity index (χ3n) is 4.49. The molecule has 0 spiro atoms. The summed E-state index contributed by atoms with van der Waals surface area (Å²) in [5.74, 6) is 0.390. The quantitative estimate of drug-likeness (QED) is 0.809. The van der Waals surface area contributed by atoms with Gasteiger partial charge in [0.25, 0.3) is 0 Å². The van der Waals surface area contributed by atoms with Crippen LogP contribution in [0.3, 0.4) is 0 Å². The van der Waals surface area contributed by atoms with Crippen LogP contribution >= 0.6 is 0 Å². The number of nitrogens with one attached hydrogen (secondary N) is 1. The molecule has 1 aliphatic rings.